The van der Waals surface area contributed by atoms with E-state index in [-0.39, 0.29) is 12.7 Å². The van der Waals surface area contributed by atoms with Crippen molar-refractivity contribution in [1.82, 2.24) is 0 Å². The van der Waals surface area contributed by atoms with Crippen molar-refractivity contribution in [2.45, 2.75) is 20.0 Å². The molecule has 2 rings (SSSR count). The summed E-state index contributed by atoms with van der Waals surface area (Å²) in [5, 5.41) is 8.95. The third-order valence-corrected chi connectivity index (χ3v) is 2.60. The first kappa shape index (κ1) is 11.0. The van der Waals surface area contributed by atoms with Crippen LogP contribution < -0.4 is 4.90 Å². The van der Waals surface area contributed by atoms with Gasteiger partial charge in [-0.25, -0.2) is 4.79 Å². The van der Waals surface area contributed by atoms with Gasteiger partial charge in [0.25, 0.3) is 0 Å². The number of benzene rings is 1. The molecule has 0 spiro atoms. The minimum absolute atomic E-state index is 0.132. The van der Waals surface area contributed by atoms with E-state index >= 15 is 0 Å². The third-order valence-electron chi connectivity index (χ3n) is 2.60. The van der Waals surface area contributed by atoms with Crippen molar-refractivity contribution in [3.8, 4) is 0 Å². The molecule has 4 heteroatoms. The molecule has 4 nitrogen and oxygen atoms in total. The number of cyclic esters (lactones) is 1. The van der Waals surface area contributed by atoms with Crippen LogP contribution in [0.15, 0.2) is 18.2 Å². The Balaban J connectivity index is 2.27. The van der Waals surface area contributed by atoms with E-state index < -0.39 is 6.10 Å². The second-order valence-electron chi connectivity index (χ2n) is 4.14. The molecule has 0 saturated carbocycles. The maximum Gasteiger partial charge on any atom is 0.414 e. The van der Waals surface area contributed by atoms with E-state index in [1.165, 1.54) is 0 Å². The lowest BCUT2D eigenvalue weighted by molar-refractivity contribution is 0.0963. The molecule has 0 aromatic heterocycles. The Morgan fingerprint density at radius 3 is 2.50 bits per heavy atom. The van der Waals surface area contributed by atoms with Gasteiger partial charge in [-0.3, -0.25) is 4.90 Å². The van der Waals surface area contributed by atoms with Gasteiger partial charge in [-0.15, -0.1) is 0 Å². The lowest BCUT2D eigenvalue weighted by Crippen LogP contribution is -2.25. The molecule has 16 heavy (non-hydrogen) atoms. The van der Waals surface area contributed by atoms with Gasteiger partial charge in [0.1, 0.15) is 6.10 Å². The molecule has 1 N–H and O–H groups in total. The molecule has 86 valence electrons. The van der Waals surface area contributed by atoms with Gasteiger partial charge in [-0.1, -0.05) is 6.07 Å². The minimum atomic E-state index is -0.409. The summed E-state index contributed by atoms with van der Waals surface area (Å²) in [4.78, 5) is 13.1. The highest BCUT2D eigenvalue weighted by atomic mass is 16.6. The van der Waals surface area contributed by atoms with E-state index in [4.69, 9.17) is 9.84 Å². The van der Waals surface area contributed by atoms with Gasteiger partial charge in [-0.2, -0.15) is 0 Å². The minimum Gasteiger partial charge on any atom is -0.441 e. The van der Waals surface area contributed by atoms with Crippen LogP contribution in [0.25, 0.3) is 0 Å². The van der Waals surface area contributed by atoms with E-state index in [9.17, 15) is 4.79 Å². The van der Waals surface area contributed by atoms with Crippen LogP contribution in [0, 0.1) is 13.8 Å². The number of anilines is 1. The normalized spacial score (nSPS) is 20.1. The average Bonchev–Trinajstić information content (AvgIpc) is 2.58. The number of aliphatic hydroxyl groups excluding tert-OH is 1. The summed E-state index contributed by atoms with van der Waals surface area (Å²) in [5.74, 6) is 0. The van der Waals surface area contributed by atoms with Crippen LogP contribution >= 0.6 is 0 Å². The van der Waals surface area contributed by atoms with Crippen LogP contribution in [-0.2, 0) is 4.74 Å². The van der Waals surface area contributed by atoms with E-state index in [0.717, 1.165) is 16.8 Å². The summed E-state index contributed by atoms with van der Waals surface area (Å²) >= 11 is 0. The second kappa shape index (κ2) is 4.14. The fraction of sp³-hybridized carbons (Fsp3) is 0.417. The summed E-state index contributed by atoms with van der Waals surface area (Å²) < 4.78 is 4.99. The van der Waals surface area contributed by atoms with Crippen molar-refractivity contribution in [2.75, 3.05) is 18.1 Å². The fourth-order valence-electron chi connectivity index (χ4n) is 1.93. The monoisotopic (exact) mass is 221 g/mol. The smallest absolute Gasteiger partial charge is 0.414 e. The zero-order chi connectivity index (χ0) is 11.7. The van der Waals surface area contributed by atoms with Crippen molar-refractivity contribution in [1.29, 1.82) is 0 Å². The van der Waals surface area contributed by atoms with E-state index in [1.54, 1.807) is 4.90 Å². The predicted molar refractivity (Wildman–Crippen MR) is 60.6 cm³/mol. The molecule has 0 aliphatic carbocycles. The highest BCUT2D eigenvalue weighted by Crippen LogP contribution is 2.23. The molecular weight excluding hydrogens is 206 g/mol. The number of aliphatic hydroxyl groups is 1. The molecule has 1 atom stereocenters. The SMILES string of the molecule is Cc1cc(C)cc(N2CC(CO)OC2=O)c1. The first-order chi connectivity index (χ1) is 7.60. The highest BCUT2D eigenvalue weighted by Gasteiger charge is 2.31. The summed E-state index contributed by atoms with van der Waals surface area (Å²) in [6, 6.07) is 5.93. The summed E-state index contributed by atoms with van der Waals surface area (Å²) in [7, 11) is 0. The van der Waals surface area contributed by atoms with Gasteiger partial charge in [0, 0.05) is 5.69 Å². The van der Waals surface area contributed by atoms with Gasteiger partial charge in [0.05, 0.1) is 13.2 Å². The average molecular weight is 221 g/mol. The molecular formula is C12H15NO3. The Morgan fingerprint density at radius 1 is 1.38 bits per heavy atom. The second-order valence-corrected chi connectivity index (χ2v) is 4.14. The Morgan fingerprint density at radius 2 is 2.00 bits per heavy atom. The van der Waals surface area contributed by atoms with Gasteiger partial charge >= 0.3 is 6.09 Å². The molecule has 1 aliphatic heterocycles. The lowest BCUT2D eigenvalue weighted by Gasteiger charge is -2.14. The molecule has 1 fully saturated rings. The van der Waals surface area contributed by atoms with Gasteiger partial charge in [0.2, 0.25) is 0 Å². The number of carbonyl (C=O) groups excluding carboxylic acids is 1. The molecule has 1 unspecified atom stereocenters. The summed E-state index contributed by atoms with van der Waals surface area (Å²) in [5.41, 5.74) is 3.05. The zero-order valence-electron chi connectivity index (χ0n) is 9.43. The quantitative estimate of drug-likeness (QED) is 0.825. The van der Waals surface area contributed by atoms with Crippen molar-refractivity contribution in [3.05, 3.63) is 29.3 Å². The van der Waals surface area contributed by atoms with Crippen molar-refractivity contribution in [3.63, 3.8) is 0 Å². The number of amides is 1. The predicted octanol–water partition coefficient (Wildman–Crippen LogP) is 1.62. The van der Waals surface area contributed by atoms with Crippen LogP contribution in [0.3, 0.4) is 0 Å². The summed E-state index contributed by atoms with van der Waals surface area (Å²) in [6.45, 7) is 4.26. The lowest BCUT2D eigenvalue weighted by atomic mass is 10.1. The number of nitrogens with zero attached hydrogens (tertiary/aromatic N) is 1. The van der Waals surface area contributed by atoms with Crippen LogP contribution in [0.1, 0.15) is 11.1 Å². The third kappa shape index (κ3) is 2.02. The van der Waals surface area contributed by atoms with Crippen LogP contribution in [0.2, 0.25) is 0 Å². The van der Waals surface area contributed by atoms with E-state index in [2.05, 4.69) is 6.07 Å². The zero-order valence-corrected chi connectivity index (χ0v) is 9.43. The number of aryl methyl sites for hydroxylation is 2. The largest absolute Gasteiger partial charge is 0.441 e. The number of carbonyl (C=O) groups is 1. The highest BCUT2D eigenvalue weighted by molar-refractivity contribution is 5.89. The van der Waals surface area contributed by atoms with Crippen LogP contribution in [-0.4, -0.2) is 30.5 Å². The summed E-state index contributed by atoms with van der Waals surface area (Å²) in [6.07, 6.45) is -0.794. The molecule has 1 aliphatic rings. The molecule has 0 radical (unpaired) electrons. The maximum atomic E-state index is 11.6. The Kier molecular flexibility index (Phi) is 2.83. The molecule has 1 heterocycles. The van der Waals surface area contributed by atoms with Gasteiger partial charge < -0.3 is 9.84 Å². The van der Waals surface area contributed by atoms with E-state index in [1.807, 2.05) is 26.0 Å². The van der Waals surface area contributed by atoms with Crippen LogP contribution in [0.5, 0.6) is 0 Å². The number of ether oxygens (including phenoxy) is 1. The number of rotatable bonds is 2. The van der Waals surface area contributed by atoms with Gasteiger partial charge in [-0.05, 0) is 37.1 Å². The maximum absolute atomic E-state index is 11.6. The van der Waals surface area contributed by atoms with Crippen molar-refractivity contribution < 1.29 is 14.6 Å². The molecule has 1 amide bonds. The standard InChI is InChI=1S/C12H15NO3/c1-8-3-9(2)5-10(4-8)13-6-11(7-14)16-12(13)15/h3-5,11,14H,6-7H2,1-2H3. The Bertz CT molecular complexity index is 396. The van der Waals surface area contributed by atoms with Gasteiger partial charge in [0.15, 0.2) is 0 Å². The van der Waals surface area contributed by atoms with Crippen LogP contribution in [0.4, 0.5) is 10.5 Å². The van der Waals surface area contributed by atoms with Crippen molar-refractivity contribution in [2.24, 2.45) is 0 Å². The first-order valence-electron chi connectivity index (χ1n) is 5.27. The topological polar surface area (TPSA) is 49.8 Å². The molecule has 1 aromatic carbocycles. The number of hydrogen-bond donors (Lipinski definition) is 1. The number of hydrogen-bond acceptors (Lipinski definition) is 3. The Labute approximate surface area is 94.4 Å². The molecule has 1 aromatic rings. The first-order valence-corrected chi connectivity index (χ1v) is 5.27. The molecule has 1 saturated heterocycles. The Hall–Kier alpha value is -1.55. The van der Waals surface area contributed by atoms with Crippen molar-refractivity contribution >= 4 is 11.8 Å². The fourth-order valence-corrected chi connectivity index (χ4v) is 1.93. The van der Waals surface area contributed by atoms with E-state index in [0.29, 0.717) is 6.54 Å². The molecule has 0 bridgehead atoms.